The Labute approximate surface area is 116 Å². The van der Waals surface area contributed by atoms with Crippen LogP contribution < -0.4 is 10.6 Å². The van der Waals surface area contributed by atoms with Crippen molar-refractivity contribution in [3.63, 3.8) is 0 Å². The van der Waals surface area contributed by atoms with E-state index >= 15 is 0 Å². The summed E-state index contributed by atoms with van der Waals surface area (Å²) in [7, 11) is -1.45. The highest BCUT2D eigenvalue weighted by atomic mass is 32.2. The van der Waals surface area contributed by atoms with Crippen molar-refractivity contribution in [2.24, 2.45) is 4.99 Å². The molecule has 0 unspecified atom stereocenters. The van der Waals surface area contributed by atoms with Crippen molar-refractivity contribution < 1.29 is 13.2 Å². The van der Waals surface area contributed by atoms with Crippen molar-refractivity contribution in [1.82, 2.24) is 10.6 Å². The zero-order valence-corrected chi connectivity index (χ0v) is 13.4. The summed E-state index contributed by atoms with van der Waals surface area (Å²) in [5.41, 5.74) is 0. The molecule has 0 fully saturated rings. The molecule has 7 heteroatoms. The molecule has 0 heterocycles. The van der Waals surface area contributed by atoms with E-state index in [2.05, 4.69) is 15.6 Å². The van der Waals surface area contributed by atoms with Gasteiger partial charge in [0.05, 0.1) is 17.1 Å². The number of aliphatic imine (C=N–C) groups is 1. The Balaban J connectivity index is 4.04. The van der Waals surface area contributed by atoms with Gasteiger partial charge in [0, 0.05) is 26.7 Å². The lowest BCUT2D eigenvalue weighted by Crippen LogP contribution is -2.42. The average molecular weight is 293 g/mol. The quantitative estimate of drug-likeness (QED) is 0.403. The summed E-state index contributed by atoms with van der Waals surface area (Å²) in [5, 5.41) is 6.03. The van der Waals surface area contributed by atoms with E-state index in [-0.39, 0.29) is 5.75 Å². The summed E-state index contributed by atoms with van der Waals surface area (Å²) in [4.78, 5) is 4.01. The van der Waals surface area contributed by atoms with E-state index in [9.17, 15) is 8.42 Å². The lowest BCUT2D eigenvalue weighted by molar-refractivity contribution is 0.152. The van der Waals surface area contributed by atoms with Crippen LogP contribution in [0.4, 0.5) is 0 Å². The van der Waals surface area contributed by atoms with Gasteiger partial charge in [-0.05, 0) is 27.7 Å². The molecule has 0 aliphatic heterocycles. The highest BCUT2D eigenvalue weighted by molar-refractivity contribution is 7.92. The second-order valence-corrected chi connectivity index (χ2v) is 7.92. The van der Waals surface area contributed by atoms with Crippen LogP contribution in [0.3, 0.4) is 0 Å². The minimum atomic E-state index is -3.10. The molecule has 6 nitrogen and oxygen atoms in total. The maximum atomic E-state index is 11.9. The SMILES string of the molecule is CCOCCNC(=NC)NCCS(=O)(=O)C(C)(C)C. The summed E-state index contributed by atoms with van der Waals surface area (Å²) >= 11 is 0. The third-order valence-electron chi connectivity index (χ3n) is 2.56. The van der Waals surface area contributed by atoms with Crippen molar-refractivity contribution in [1.29, 1.82) is 0 Å². The molecular formula is C12H27N3O3S. The molecule has 0 spiro atoms. The maximum absolute atomic E-state index is 11.9. The average Bonchev–Trinajstić information content (AvgIpc) is 2.30. The molecule has 0 saturated carbocycles. The van der Waals surface area contributed by atoms with E-state index in [1.165, 1.54) is 0 Å². The molecule has 0 aliphatic carbocycles. The second kappa shape index (κ2) is 8.37. The van der Waals surface area contributed by atoms with Crippen molar-refractivity contribution in [3.8, 4) is 0 Å². The minimum absolute atomic E-state index is 0.0860. The van der Waals surface area contributed by atoms with Gasteiger partial charge in [0.1, 0.15) is 0 Å². The van der Waals surface area contributed by atoms with E-state index in [1.54, 1.807) is 27.8 Å². The lowest BCUT2D eigenvalue weighted by Gasteiger charge is -2.19. The Morgan fingerprint density at radius 2 is 1.79 bits per heavy atom. The van der Waals surface area contributed by atoms with Crippen LogP contribution in [0, 0.1) is 0 Å². The highest BCUT2D eigenvalue weighted by Gasteiger charge is 2.28. The number of sulfone groups is 1. The van der Waals surface area contributed by atoms with E-state index in [4.69, 9.17) is 4.74 Å². The van der Waals surface area contributed by atoms with Crippen LogP contribution in [0.25, 0.3) is 0 Å². The number of nitrogens with one attached hydrogen (secondary N) is 2. The first-order valence-corrected chi connectivity index (χ1v) is 8.14. The van der Waals surface area contributed by atoms with Crippen LogP contribution in [-0.4, -0.2) is 58.2 Å². The van der Waals surface area contributed by atoms with E-state index < -0.39 is 14.6 Å². The fourth-order valence-corrected chi connectivity index (χ4v) is 2.20. The molecular weight excluding hydrogens is 266 g/mol. The third-order valence-corrected chi connectivity index (χ3v) is 5.17. The fourth-order valence-electron chi connectivity index (χ4n) is 1.22. The summed E-state index contributed by atoms with van der Waals surface area (Å²) in [6, 6.07) is 0. The van der Waals surface area contributed by atoms with Gasteiger partial charge in [-0.25, -0.2) is 8.42 Å². The standard InChI is InChI=1S/C12H27N3O3S/c1-6-18-9-7-14-11(13-5)15-8-10-19(16,17)12(2,3)4/h6-10H2,1-5H3,(H2,13,14,15). The zero-order valence-electron chi connectivity index (χ0n) is 12.6. The Bertz CT molecular complexity index is 372. The first-order valence-electron chi connectivity index (χ1n) is 6.49. The smallest absolute Gasteiger partial charge is 0.191 e. The van der Waals surface area contributed by atoms with Gasteiger partial charge in [-0.2, -0.15) is 0 Å². The number of nitrogens with zero attached hydrogens (tertiary/aromatic N) is 1. The van der Waals surface area contributed by atoms with E-state index in [0.29, 0.717) is 32.3 Å². The molecule has 0 saturated heterocycles. The molecule has 0 bridgehead atoms. The zero-order chi connectivity index (χ0) is 14.9. The minimum Gasteiger partial charge on any atom is -0.380 e. The molecule has 114 valence electrons. The first-order chi connectivity index (χ1) is 8.74. The van der Waals surface area contributed by atoms with Crippen LogP contribution in [0.5, 0.6) is 0 Å². The van der Waals surface area contributed by atoms with Crippen LogP contribution in [-0.2, 0) is 14.6 Å². The van der Waals surface area contributed by atoms with Crippen LogP contribution in [0.15, 0.2) is 4.99 Å². The van der Waals surface area contributed by atoms with Crippen LogP contribution >= 0.6 is 0 Å². The molecule has 2 N–H and O–H groups in total. The largest absolute Gasteiger partial charge is 0.380 e. The summed E-state index contributed by atoms with van der Waals surface area (Å²) < 4.78 is 28.3. The topological polar surface area (TPSA) is 79.8 Å². The van der Waals surface area contributed by atoms with Gasteiger partial charge in [0.2, 0.25) is 0 Å². The molecule has 0 atom stereocenters. The first kappa shape index (κ1) is 18.2. The monoisotopic (exact) mass is 293 g/mol. The summed E-state index contributed by atoms with van der Waals surface area (Å²) in [5.74, 6) is 0.673. The van der Waals surface area contributed by atoms with Crippen molar-refractivity contribution in [3.05, 3.63) is 0 Å². The normalized spacial score (nSPS) is 13.4. The van der Waals surface area contributed by atoms with Gasteiger partial charge in [0.15, 0.2) is 15.8 Å². The maximum Gasteiger partial charge on any atom is 0.191 e. The van der Waals surface area contributed by atoms with Crippen molar-refractivity contribution >= 4 is 15.8 Å². The fraction of sp³-hybridized carbons (Fsp3) is 0.917. The Morgan fingerprint density at radius 3 is 2.26 bits per heavy atom. The van der Waals surface area contributed by atoms with Crippen molar-refractivity contribution in [2.75, 3.05) is 39.1 Å². The van der Waals surface area contributed by atoms with Gasteiger partial charge in [-0.15, -0.1) is 0 Å². The second-order valence-electron chi connectivity index (χ2n) is 5.05. The predicted molar refractivity (Wildman–Crippen MR) is 79.4 cm³/mol. The van der Waals surface area contributed by atoms with Crippen LogP contribution in [0.1, 0.15) is 27.7 Å². The lowest BCUT2D eigenvalue weighted by atomic mass is 10.3. The van der Waals surface area contributed by atoms with Gasteiger partial charge in [0.25, 0.3) is 0 Å². The molecule has 0 radical (unpaired) electrons. The molecule has 19 heavy (non-hydrogen) atoms. The number of ether oxygens (including phenoxy) is 1. The Hall–Kier alpha value is -0.820. The molecule has 0 aromatic rings. The molecule has 0 rings (SSSR count). The predicted octanol–water partition coefficient (Wildman–Crippen LogP) is 0.401. The number of hydrogen-bond donors (Lipinski definition) is 2. The molecule has 0 amide bonds. The number of hydrogen-bond acceptors (Lipinski definition) is 4. The van der Waals surface area contributed by atoms with Crippen molar-refractivity contribution in [2.45, 2.75) is 32.4 Å². The molecule has 0 aromatic carbocycles. The van der Waals surface area contributed by atoms with E-state index in [0.717, 1.165) is 0 Å². The van der Waals surface area contributed by atoms with Gasteiger partial charge >= 0.3 is 0 Å². The van der Waals surface area contributed by atoms with Crippen LogP contribution in [0.2, 0.25) is 0 Å². The third kappa shape index (κ3) is 7.37. The highest BCUT2D eigenvalue weighted by Crippen LogP contribution is 2.14. The number of guanidine groups is 1. The summed E-state index contributed by atoms with van der Waals surface area (Å²) in [6.07, 6.45) is 0. The summed E-state index contributed by atoms with van der Waals surface area (Å²) in [6.45, 7) is 9.30. The molecule has 0 aliphatic rings. The Morgan fingerprint density at radius 1 is 1.21 bits per heavy atom. The van der Waals surface area contributed by atoms with Gasteiger partial charge in [-0.3, -0.25) is 4.99 Å². The number of rotatable bonds is 7. The van der Waals surface area contributed by atoms with Gasteiger partial charge < -0.3 is 15.4 Å². The molecule has 0 aromatic heterocycles. The van der Waals surface area contributed by atoms with E-state index in [1.807, 2.05) is 6.92 Å². The Kier molecular flexibility index (Phi) is 8.01. The van der Waals surface area contributed by atoms with Gasteiger partial charge in [-0.1, -0.05) is 0 Å².